The average Bonchev–Trinajstić information content (AvgIpc) is 2.74. The molecule has 1 atom stereocenters. The largest absolute Gasteiger partial charge is 0.465 e. The van der Waals surface area contributed by atoms with E-state index in [4.69, 9.17) is 9.47 Å². The Kier molecular flexibility index (Phi) is 7.39. The third-order valence-corrected chi connectivity index (χ3v) is 6.33. The van der Waals surface area contributed by atoms with Crippen LogP contribution in [0.4, 0.5) is 5.69 Å². The van der Waals surface area contributed by atoms with Crippen molar-refractivity contribution in [2.45, 2.75) is 36.8 Å². The lowest BCUT2D eigenvalue weighted by Crippen LogP contribution is -2.54. The second-order valence-corrected chi connectivity index (χ2v) is 8.43. The molecule has 160 valence electrons. The van der Waals surface area contributed by atoms with E-state index in [1.165, 1.54) is 40.6 Å². The van der Waals surface area contributed by atoms with Gasteiger partial charge in [0.1, 0.15) is 0 Å². The number of carbonyl (C=O) groups is 2. The summed E-state index contributed by atoms with van der Waals surface area (Å²) in [5.74, 6) is -1.05. The fourth-order valence-corrected chi connectivity index (χ4v) is 4.61. The van der Waals surface area contributed by atoms with Crippen LogP contribution in [0.3, 0.4) is 0 Å². The summed E-state index contributed by atoms with van der Waals surface area (Å²) in [6.45, 7) is 8.17. The van der Waals surface area contributed by atoms with Crippen molar-refractivity contribution in [1.82, 2.24) is 4.90 Å². The van der Waals surface area contributed by atoms with Crippen molar-refractivity contribution in [3.05, 3.63) is 53.6 Å². The highest BCUT2D eigenvalue weighted by Gasteiger charge is 2.32. The van der Waals surface area contributed by atoms with Gasteiger partial charge in [-0.2, -0.15) is 0 Å². The molecule has 2 aromatic carbocycles. The highest BCUT2D eigenvalue weighted by molar-refractivity contribution is 7.99. The van der Waals surface area contributed by atoms with Crippen LogP contribution in [0.25, 0.3) is 0 Å². The van der Waals surface area contributed by atoms with Crippen molar-refractivity contribution < 1.29 is 19.1 Å². The van der Waals surface area contributed by atoms with Crippen LogP contribution < -0.4 is 4.90 Å². The highest BCUT2D eigenvalue weighted by Crippen LogP contribution is 2.37. The van der Waals surface area contributed by atoms with E-state index >= 15 is 0 Å². The summed E-state index contributed by atoms with van der Waals surface area (Å²) < 4.78 is 10.0. The molecular weight excluding hydrogens is 400 g/mol. The van der Waals surface area contributed by atoms with Crippen LogP contribution in [0.5, 0.6) is 0 Å². The molecule has 1 fully saturated rings. The summed E-state index contributed by atoms with van der Waals surface area (Å²) in [6, 6.07) is 14.9. The van der Waals surface area contributed by atoms with Gasteiger partial charge in [0.15, 0.2) is 0 Å². The van der Waals surface area contributed by atoms with Crippen LogP contribution in [0.2, 0.25) is 0 Å². The van der Waals surface area contributed by atoms with Crippen molar-refractivity contribution in [3.63, 3.8) is 0 Å². The number of hydrogen-bond acceptors (Lipinski definition) is 7. The number of rotatable bonds is 6. The fourth-order valence-electron chi connectivity index (χ4n) is 3.56. The topological polar surface area (TPSA) is 59.1 Å². The zero-order valence-corrected chi connectivity index (χ0v) is 18.7. The zero-order valence-electron chi connectivity index (χ0n) is 17.9. The number of benzene rings is 2. The van der Waals surface area contributed by atoms with E-state index in [2.05, 4.69) is 55.1 Å². The van der Waals surface area contributed by atoms with Gasteiger partial charge in [0.2, 0.25) is 0 Å². The minimum Gasteiger partial charge on any atom is -0.465 e. The van der Waals surface area contributed by atoms with Crippen LogP contribution in [-0.2, 0) is 19.1 Å². The first-order valence-corrected chi connectivity index (χ1v) is 10.8. The average molecular weight is 429 g/mol. The Bertz CT molecular complexity index is 910. The van der Waals surface area contributed by atoms with Gasteiger partial charge in [0.05, 0.1) is 12.8 Å². The zero-order chi connectivity index (χ0) is 21.7. The summed E-state index contributed by atoms with van der Waals surface area (Å²) in [4.78, 5) is 30.1. The summed E-state index contributed by atoms with van der Waals surface area (Å²) in [5, 5.41) is 0. The van der Waals surface area contributed by atoms with Gasteiger partial charge >= 0.3 is 11.9 Å². The van der Waals surface area contributed by atoms with E-state index in [1.807, 2.05) is 11.0 Å². The molecule has 0 unspecified atom stereocenters. The van der Waals surface area contributed by atoms with E-state index in [9.17, 15) is 9.59 Å². The summed E-state index contributed by atoms with van der Waals surface area (Å²) >= 11 is 1.77. The number of methoxy groups -OCH3 is 1. The van der Waals surface area contributed by atoms with Gasteiger partial charge in [-0.05, 0) is 37.6 Å². The molecule has 0 N–H and O–H groups in total. The third-order valence-electron chi connectivity index (χ3n) is 5.08. The maximum Gasteiger partial charge on any atom is 0.363 e. The Hall–Kier alpha value is -2.51. The molecule has 7 heteroatoms. The molecule has 0 bridgehead atoms. The van der Waals surface area contributed by atoms with Gasteiger partial charge < -0.3 is 14.4 Å². The molecule has 2 aromatic rings. The lowest BCUT2D eigenvalue weighted by molar-refractivity contribution is -0.178. The van der Waals surface area contributed by atoms with Gasteiger partial charge in [0, 0.05) is 42.9 Å². The highest BCUT2D eigenvalue weighted by atomic mass is 32.2. The molecule has 3 rings (SSSR count). The van der Waals surface area contributed by atoms with E-state index in [0.717, 1.165) is 13.1 Å². The Balaban J connectivity index is 1.73. The Labute approximate surface area is 182 Å². The van der Waals surface area contributed by atoms with E-state index in [1.54, 1.807) is 11.8 Å². The number of para-hydroxylation sites is 1. The molecule has 30 heavy (non-hydrogen) atoms. The fraction of sp³-hybridized carbons (Fsp3) is 0.391. The molecule has 0 amide bonds. The molecule has 0 aromatic heterocycles. The Morgan fingerprint density at radius 1 is 1.00 bits per heavy atom. The number of piperazine rings is 1. The van der Waals surface area contributed by atoms with Gasteiger partial charge in [-0.15, -0.1) is 0 Å². The van der Waals surface area contributed by atoms with Crippen LogP contribution in [0.15, 0.2) is 52.3 Å². The van der Waals surface area contributed by atoms with E-state index in [-0.39, 0.29) is 0 Å². The minimum atomic E-state index is -0.991. The standard InChI is InChI=1S/C23H28N2O4S/c1-16-9-10-20(17(2)15-16)30-21-8-6-5-7-19(21)24-11-13-25(14-12-24)22(23(27)28-4)29-18(3)26/h5-10,15,22H,11-14H2,1-4H3/t22-/m1/s1. The molecule has 0 saturated carbocycles. The van der Waals surface area contributed by atoms with Crippen LogP contribution in [0, 0.1) is 13.8 Å². The van der Waals surface area contributed by atoms with Crippen LogP contribution in [-0.4, -0.2) is 56.4 Å². The summed E-state index contributed by atoms with van der Waals surface area (Å²) in [5.41, 5.74) is 3.69. The number of esters is 2. The van der Waals surface area contributed by atoms with Gasteiger partial charge in [-0.1, -0.05) is 41.6 Å². The molecule has 6 nitrogen and oxygen atoms in total. The molecule has 1 aliphatic heterocycles. The quantitative estimate of drug-likeness (QED) is 0.651. The SMILES string of the molecule is COC(=O)[C@@H](OC(C)=O)N1CCN(c2ccccc2Sc2ccc(C)cc2C)CC1. The first-order chi connectivity index (χ1) is 14.4. The van der Waals surface area contributed by atoms with Crippen LogP contribution in [0.1, 0.15) is 18.1 Å². The number of ether oxygens (including phenoxy) is 2. The van der Waals surface area contributed by atoms with Crippen molar-refractivity contribution >= 4 is 29.4 Å². The molecule has 0 radical (unpaired) electrons. The molecule has 1 heterocycles. The lowest BCUT2D eigenvalue weighted by Gasteiger charge is -2.38. The summed E-state index contributed by atoms with van der Waals surface area (Å²) in [7, 11) is 1.30. The van der Waals surface area contributed by atoms with Crippen molar-refractivity contribution in [2.24, 2.45) is 0 Å². The monoisotopic (exact) mass is 428 g/mol. The number of aryl methyl sites for hydroxylation is 2. The normalized spacial score (nSPS) is 15.5. The van der Waals surface area contributed by atoms with E-state index in [0.29, 0.717) is 13.1 Å². The van der Waals surface area contributed by atoms with Crippen LogP contribution >= 0.6 is 11.8 Å². The number of anilines is 1. The predicted octanol–water partition coefficient (Wildman–Crippen LogP) is 3.64. The molecular formula is C23H28N2O4S. The smallest absolute Gasteiger partial charge is 0.363 e. The molecule has 0 aliphatic carbocycles. The molecule has 1 saturated heterocycles. The van der Waals surface area contributed by atoms with Gasteiger partial charge in [0.25, 0.3) is 6.23 Å². The number of carbonyl (C=O) groups excluding carboxylic acids is 2. The minimum absolute atomic E-state index is 0.497. The second-order valence-electron chi connectivity index (χ2n) is 7.35. The van der Waals surface area contributed by atoms with Gasteiger partial charge in [-0.3, -0.25) is 9.69 Å². The van der Waals surface area contributed by atoms with Crippen molar-refractivity contribution in [2.75, 3.05) is 38.2 Å². The second kappa shape index (κ2) is 10.00. The first-order valence-electron chi connectivity index (χ1n) is 9.97. The first kappa shape index (κ1) is 22.2. The van der Waals surface area contributed by atoms with E-state index < -0.39 is 18.2 Å². The maximum atomic E-state index is 12.1. The Morgan fingerprint density at radius 2 is 1.70 bits per heavy atom. The maximum absolute atomic E-state index is 12.1. The number of hydrogen-bond donors (Lipinski definition) is 0. The lowest BCUT2D eigenvalue weighted by atomic mass is 10.2. The predicted molar refractivity (Wildman–Crippen MR) is 118 cm³/mol. The third kappa shape index (κ3) is 5.34. The van der Waals surface area contributed by atoms with Gasteiger partial charge in [-0.25, -0.2) is 4.79 Å². The Morgan fingerprint density at radius 3 is 2.33 bits per heavy atom. The van der Waals surface area contributed by atoms with Crippen molar-refractivity contribution in [1.29, 1.82) is 0 Å². The molecule has 1 aliphatic rings. The summed E-state index contributed by atoms with van der Waals surface area (Å²) in [6.07, 6.45) is -0.991. The van der Waals surface area contributed by atoms with Crippen molar-refractivity contribution in [3.8, 4) is 0 Å². The molecule has 0 spiro atoms. The number of nitrogens with zero attached hydrogens (tertiary/aromatic N) is 2.